The van der Waals surface area contributed by atoms with Crippen LogP contribution in [0.15, 0.2) is 23.1 Å². The Balaban J connectivity index is 3.19. The predicted molar refractivity (Wildman–Crippen MR) is 78.9 cm³/mol. The fourth-order valence-corrected chi connectivity index (χ4v) is 3.14. The lowest BCUT2D eigenvalue weighted by molar-refractivity contribution is -0.139. The van der Waals surface area contributed by atoms with Crippen molar-refractivity contribution in [3.63, 3.8) is 0 Å². The highest BCUT2D eigenvalue weighted by Crippen LogP contribution is 2.17. The monoisotopic (exact) mass is 347 g/mol. The van der Waals surface area contributed by atoms with Crippen molar-refractivity contribution in [3.8, 4) is 0 Å². The highest BCUT2D eigenvalue weighted by atomic mass is 32.2. The fourth-order valence-electron chi connectivity index (χ4n) is 1.88. The van der Waals surface area contributed by atoms with E-state index in [-0.39, 0.29) is 17.9 Å². The second-order valence-corrected chi connectivity index (χ2v) is 7.02. The molecular formula is C14H18FNO6S. The summed E-state index contributed by atoms with van der Waals surface area (Å²) in [6.45, 7) is 3.48. The zero-order valence-electron chi connectivity index (χ0n) is 12.9. The van der Waals surface area contributed by atoms with Gasteiger partial charge in [0.2, 0.25) is 10.0 Å². The molecule has 1 aromatic carbocycles. The van der Waals surface area contributed by atoms with Crippen LogP contribution >= 0.6 is 0 Å². The number of methoxy groups -OCH3 is 1. The Bertz CT molecular complexity index is 701. The van der Waals surface area contributed by atoms with E-state index in [2.05, 4.69) is 4.74 Å². The minimum Gasteiger partial charge on any atom is -0.480 e. The predicted octanol–water partition coefficient (Wildman–Crippen LogP) is 1.39. The molecule has 0 aliphatic carbocycles. The first-order chi connectivity index (χ1) is 10.6. The van der Waals surface area contributed by atoms with Crippen LogP contribution in [-0.2, 0) is 19.6 Å². The summed E-state index contributed by atoms with van der Waals surface area (Å²) < 4.78 is 44.5. The summed E-state index contributed by atoms with van der Waals surface area (Å²) in [5.41, 5.74) is -0.288. The lowest BCUT2D eigenvalue weighted by Gasteiger charge is -2.17. The molecule has 0 saturated heterocycles. The third-order valence-corrected chi connectivity index (χ3v) is 4.36. The van der Waals surface area contributed by atoms with E-state index in [1.807, 2.05) is 4.72 Å². The number of hydrogen-bond donors (Lipinski definition) is 2. The molecule has 0 radical (unpaired) electrons. The summed E-state index contributed by atoms with van der Waals surface area (Å²) in [7, 11) is -3.24. The molecule has 0 fully saturated rings. The standard InChI is InChI=1S/C14H18FNO6S/c1-8(2)4-12(13(17)18)16-23(20,21)11-6-9(14(19)22-3)5-10(15)7-11/h5-8,12,16H,4H2,1-3H3,(H,17,18)/t12-/m1/s1. The Morgan fingerprint density at radius 3 is 2.39 bits per heavy atom. The van der Waals surface area contributed by atoms with Crippen LogP contribution in [0.2, 0.25) is 0 Å². The summed E-state index contributed by atoms with van der Waals surface area (Å²) in [6.07, 6.45) is 0.0632. The molecule has 0 saturated carbocycles. The van der Waals surface area contributed by atoms with Crippen LogP contribution in [-0.4, -0.2) is 38.6 Å². The Hall–Kier alpha value is -2.00. The van der Waals surface area contributed by atoms with Crippen molar-refractivity contribution in [1.29, 1.82) is 0 Å². The third kappa shape index (κ3) is 5.29. The molecule has 0 bridgehead atoms. The quantitative estimate of drug-likeness (QED) is 0.721. The highest BCUT2D eigenvalue weighted by molar-refractivity contribution is 7.89. The molecule has 7 nitrogen and oxygen atoms in total. The van der Waals surface area contributed by atoms with E-state index in [4.69, 9.17) is 5.11 Å². The molecule has 0 heterocycles. The van der Waals surface area contributed by atoms with Gasteiger partial charge in [0.25, 0.3) is 0 Å². The van der Waals surface area contributed by atoms with Crippen molar-refractivity contribution < 1.29 is 32.2 Å². The second-order valence-electron chi connectivity index (χ2n) is 5.31. The molecule has 0 amide bonds. The molecule has 0 aliphatic rings. The molecule has 0 aliphatic heterocycles. The minimum atomic E-state index is -4.32. The van der Waals surface area contributed by atoms with E-state index in [1.54, 1.807) is 13.8 Å². The van der Waals surface area contributed by atoms with Gasteiger partial charge in [-0.15, -0.1) is 0 Å². The molecule has 1 rings (SSSR count). The molecule has 9 heteroatoms. The molecule has 128 valence electrons. The van der Waals surface area contributed by atoms with E-state index in [0.29, 0.717) is 6.07 Å². The number of sulfonamides is 1. The van der Waals surface area contributed by atoms with E-state index in [1.165, 1.54) is 0 Å². The SMILES string of the molecule is COC(=O)c1cc(F)cc(S(=O)(=O)N[C@H](CC(C)C)C(=O)O)c1. The normalized spacial score (nSPS) is 12.9. The summed E-state index contributed by atoms with van der Waals surface area (Å²) >= 11 is 0. The third-order valence-electron chi connectivity index (χ3n) is 2.91. The first-order valence-corrected chi connectivity index (χ1v) is 8.19. The topological polar surface area (TPSA) is 110 Å². The van der Waals surface area contributed by atoms with Gasteiger partial charge in [-0.2, -0.15) is 4.72 Å². The van der Waals surface area contributed by atoms with Crippen molar-refractivity contribution in [1.82, 2.24) is 4.72 Å². The van der Waals surface area contributed by atoms with Gasteiger partial charge >= 0.3 is 11.9 Å². The van der Waals surface area contributed by atoms with Crippen LogP contribution in [0.4, 0.5) is 4.39 Å². The van der Waals surface area contributed by atoms with E-state index >= 15 is 0 Å². The summed E-state index contributed by atoms with van der Waals surface area (Å²) in [4.78, 5) is 22.0. The van der Waals surface area contributed by atoms with Crippen LogP contribution in [0.5, 0.6) is 0 Å². The van der Waals surface area contributed by atoms with Crippen molar-refractivity contribution in [2.45, 2.75) is 31.2 Å². The summed E-state index contributed by atoms with van der Waals surface area (Å²) in [5, 5.41) is 9.09. The zero-order chi connectivity index (χ0) is 17.8. The Morgan fingerprint density at radius 2 is 1.91 bits per heavy atom. The van der Waals surface area contributed by atoms with Crippen molar-refractivity contribution >= 4 is 22.0 Å². The average molecular weight is 347 g/mol. The molecule has 23 heavy (non-hydrogen) atoms. The number of carbonyl (C=O) groups excluding carboxylic acids is 1. The molecule has 1 aromatic rings. The van der Waals surface area contributed by atoms with Crippen LogP contribution < -0.4 is 4.72 Å². The van der Waals surface area contributed by atoms with E-state index in [0.717, 1.165) is 19.2 Å². The van der Waals surface area contributed by atoms with E-state index in [9.17, 15) is 22.4 Å². The van der Waals surface area contributed by atoms with Gasteiger partial charge in [-0.3, -0.25) is 4.79 Å². The van der Waals surface area contributed by atoms with Gasteiger partial charge in [-0.25, -0.2) is 17.6 Å². The van der Waals surface area contributed by atoms with Gasteiger partial charge in [0.05, 0.1) is 17.6 Å². The Morgan fingerprint density at radius 1 is 1.30 bits per heavy atom. The molecule has 0 spiro atoms. The number of rotatable bonds is 7. The number of benzene rings is 1. The van der Waals surface area contributed by atoms with Crippen LogP contribution in [0.25, 0.3) is 0 Å². The van der Waals surface area contributed by atoms with Crippen LogP contribution in [0.3, 0.4) is 0 Å². The first kappa shape index (κ1) is 19.0. The van der Waals surface area contributed by atoms with Crippen molar-refractivity contribution in [2.75, 3.05) is 7.11 Å². The molecular weight excluding hydrogens is 329 g/mol. The number of hydrogen-bond acceptors (Lipinski definition) is 5. The summed E-state index contributed by atoms with van der Waals surface area (Å²) in [5.74, 6) is -3.27. The lowest BCUT2D eigenvalue weighted by atomic mass is 10.1. The second kappa shape index (κ2) is 7.51. The fraction of sp³-hybridized carbons (Fsp3) is 0.429. The van der Waals surface area contributed by atoms with Crippen LogP contribution in [0, 0.1) is 11.7 Å². The van der Waals surface area contributed by atoms with Crippen LogP contribution in [0.1, 0.15) is 30.6 Å². The maximum atomic E-state index is 13.5. The number of carboxylic acids is 1. The smallest absolute Gasteiger partial charge is 0.337 e. The van der Waals surface area contributed by atoms with Gasteiger partial charge in [-0.05, 0) is 30.5 Å². The number of aliphatic carboxylic acids is 1. The maximum absolute atomic E-state index is 13.5. The number of ether oxygens (including phenoxy) is 1. The average Bonchev–Trinajstić information content (AvgIpc) is 2.44. The Kier molecular flexibility index (Phi) is 6.22. The van der Waals surface area contributed by atoms with Crippen molar-refractivity contribution in [2.24, 2.45) is 5.92 Å². The highest BCUT2D eigenvalue weighted by Gasteiger charge is 2.27. The van der Waals surface area contributed by atoms with Gasteiger partial charge in [-0.1, -0.05) is 13.8 Å². The number of nitrogens with one attached hydrogen (secondary N) is 1. The van der Waals surface area contributed by atoms with Crippen molar-refractivity contribution in [3.05, 3.63) is 29.6 Å². The largest absolute Gasteiger partial charge is 0.480 e. The number of carbonyl (C=O) groups is 2. The minimum absolute atomic E-state index is 0.0632. The molecule has 0 unspecified atom stereocenters. The number of halogens is 1. The first-order valence-electron chi connectivity index (χ1n) is 6.71. The molecule has 2 N–H and O–H groups in total. The summed E-state index contributed by atoms with van der Waals surface area (Å²) in [6, 6.07) is 1.09. The van der Waals surface area contributed by atoms with Gasteiger partial charge in [0.1, 0.15) is 11.9 Å². The maximum Gasteiger partial charge on any atom is 0.337 e. The molecule has 0 aromatic heterocycles. The number of esters is 1. The zero-order valence-corrected chi connectivity index (χ0v) is 13.7. The Labute approximate surface area is 133 Å². The van der Waals surface area contributed by atoms with Gasteiger partial charge in [0, 0.05) is 0 Å². The van der Waals surface area contributed by atoms with E-state index < -0.39 is 38.7 Å². The van der Waals surface area contributed by atoms with Gasteiger partial charge in [0.15, 0.2) is 0 Å². The van der Waals surface area contributed by atoms with Gasteiger partial charge < -0.3 is 9.84 Å². The molecule has 1 atom stereocenters. The lowest BCUT2D eigenvalue weighted by Crippen LogP contribution is -2.41. The number of carboxylic acid groups (broad SMARTS) is 1.